The van der Waals surface area contributed by atoms with Crippen molar-refractivity contribution in [3.63, 3.8) is 0 Å². The molecule has 212 valence electrons. The monoisotopic (exact) mass is 517 g/mol. The predicted octanol–water partition coefficient (Wildman–Crippen LogP) is 8.33. The van der Waals surface area contributed by atoms with Gasteiger partial charge in [0, 0.05) is 30.7 Å². The second kappa shape index (κ2) is 19.3. The summed E-state index contributed by atoms with van der Waals surface area (Å²) >= 11 is 0. The fraction of sp³-hybridized carbons (Fsp3) is 0.781. The van der Waals surface area contributed by atoms with Crippen LogP contribution in [-0.2, 0) is 4.79 Å². The number of likely N-dealkylation sites (tertiary alicyclic amines) is 1. The molecule has 5 nitrogen and oxygen atoms in total. The maximum absolute atomic E-state index is 13.6. The Kier molecular flexibility index (Phi) is 16.4. The molecule has 5 heteroatoms. The molecule has 1 fully saturated rings. The summed E-state index contributed by atoms with van der Waals surface area (Å²) in [4.78, 5) is 16.1. The number of ether oxygens (including phenoxy) is 3. The zero-order chi connectivity index (χ0) is 26.7. The summed E-state index contributed by atoms with van der Waals surface area (Å²) in [5.74, 6) is 2.15. The second-order valence-corrected chi connectivity index (χ2v) is 10.8. The number of benzene rings is 1. The van der Waals surface area contributed by atoms with Crippen LogP contribution in [-0.4, -0.2) is 51.6 Å². The van der Waals surface area contributed by atoms with Crippen LogP contribution in [0.25, 0.3) is 0 Å². The van der Waals surface area contributed by atoms with Gasteiger partial charge >= 0.3 is 0 Å². The van der Waals surface area contributed by atoms with E-state index in [4.69, 9.17) is 14.2 Å². The number of unbranched alkanes of at least 4 members (excludes halogenated alkanes) is 11. The quantitative estimate of drug-likeness (QED) is 0.153. The van der Waals surface area contributed by atoms with Gasteiger partial charge in [-0.2, -0.15) is 0 Å². The number of rotatable bonds is 21. The van der Waals surface area contributed by atoms with Crippen molar-refractivity contribution in [2.75, 3.05) is 41.0 Å². The van der Waals surface area contributed by atoms with E-state index < -0.39 is 0 Å². The molecule has 2 rings (SSSR count). The van der Waals surface area contributed by atoms with Gasteiger partial charge in [0.15, 0.2) is 0 Å². The average Bonchev–Trinajstić information content (AvgIpc) is 2.94. The van der Waals surface area contributed by atoms with E-state index in [0.717, 1.165) is 38.0 Å². The molecule has 0 bridgehead atoms. The Balaban J connectivity index is 1.91. The lowest BCUT2D eigenvalue weighted by atomic mass is 9.86. The van der Waals surface area contributed by atoms with Gasteiger partial charge in [-0.25, -0.2) is 0 Å². The third-order valence-corrected chi connectivity index (χ3v) is 7.96. The zero-order valence-electron chi connectivity index (χ0n) is 24.5. The Morgan fingerprint density at radius 1 is 0.757 bits per heavy atom. The van der Waals surface area contributed by atoms with Crippen LogP contribution in [0.4, 0.5) is 0 Å². The van der Waals surface area contributed by atoms with Crippen molar-refractivity contribution in [1.82, 2.24) is 4.90 Å². The number of carbonyl (C=O) groups excluding carboxylic acids is 1. The first-order valence-electron chi connectivity index (χ1n) is 15.2. The van der Waals surface area contributed by atoms with Crippen molar-refractivity contribution in [3.05, 3.63) is 17.7 Å². The molecule has 1 heterocycles. The zero-order valence-corrected chi connectivity index (χ0v) is 24.5. The van der Waals surface area contributed by atoms with E-state index in [1.165, 1.54) is 89.9 Å². The predicted molar refractivity (Wildman–Crippen MR) is 154 cm³/mol. The number of hydrogen-bond acceptors (Lipinski definition) is 5. The summed E-state index contributed by atoms with van der Waals surface area (Å²) in [6, 6.07) is 3.76. The second-order valence-electron chi connectivity index (χ2n) is 10.8. The highest BCUT2D eigenvalue weighted by Crippen LogP contribution is 2.42. The largest absolute Gasteiger partial charge is 0.496 e. The first-order chi connectivity index (χ1) is 18.1. The number of nitrogens with zero attached hydrogens (tertiary/aromatic N) is 1. The molecule has 1 unspecified atom stereocenters. The van der Waals surface area contributed by atoms with E-state index in [-0.39, 0.29) is 5.92 Å². The molecule has 1 saturated heterocycles. The van der Waals surface area contributed by atoms with Crippen molar-refractivity contribution in [1.29, 1.82) is 0 Å². The van der Waals surface area contributed by atoms with E-state index in [2.05, 4.69) is 11.8 Å². The van der Waals surface area contributed by atoms with E-state index >= 15 is 0 Å². The van der Waals surface area contributed by atoms with Crippen molar-refractivity contribution in [3.8, 4) is 17.2 Å². The molecule has 37 heavy (non-hydrogen) atoms. The summed E-state index contributed by atoms with van der Waals surface area (Å²) in [5, 5.41) is 0. The lowest BCUT2D eigenvalue weighted by Gasteiger charge is -2.27. The Morgan fingerprint density at radius 2 is 1.27 bits per heavy atom. The minimum atomic E-state index is -0.205. The molecule has 1 atom stereocenters. The summed E-state index contributed by atoms with van der Waals surface area (Å²) in [6.45, 7) is 5.37. The van der Waals surface area contributed by atoms with E-state index in [9.17, 15) is 4.79 Å². The van der Waals surface area contributed by atoms with Crippen LogP contribution >= 0.6 is 0 Å². The number of methoxy groups -OCH3 is 3. The Bertz CT molecular complexity index is 719. The molecule has 1 aliphatic heterocycles. The number of carbonyl (C=O) groups is 1. The summed E-state index contributed by atoms with van der Waals surface area (Å²) in [6.07, 6.45) is 21.0. The molecule has 0 N–H and O–H groups in total. The maximum Gasteiger partial charge on any atom is 0.141 e. The highest BCUT2D eigenvalue weighted by Gasteiger charge is 2.28. The first-order valence-corrected chi connectivity index (χ1v) is 15.2. The van der Waals surface area contributed by atoms with Crippen LogP contribution in [0.1, 0.15) is 128 Å². The Hall–Kier alpha value is -1.75. The highest BCUT2D eigenvalue weighted by molar-refractivity contribution is 5.87. The van der Waals surface area contributed by atoms with Crippen molar-refractivity contribution < 1.29 is 19.0 Å². The van der Waals surface area contributed by atoms with Gasteiger partial charge in [0.2, 0.25) is 0 Å². The van der Waals surface area contributed by atoms with Crippen LogP contribution in [0, 0.1) is 0 Å². The fourth-order valence-electron chi connectivity index (χ4n) is 5.66. The summed E-state index contributed by atoms with van der Waals surface area (Å²) in [5.41, 5.74) is 0.887. The van der Waals surface area contributed by atoms with Crippen LogP contribution in [0.3, 0.4) is 0 Å². The van der Waals surface area contributed by atoms with Gasteiger partial charge in [-0.3, -0.25) is 4.79 Å². The minimum Gasteiger partial charge on any atom is -0.496 e. The van der Waals surface area contributed by atoms with Crippen LogP contribution in [0.2, 0.25) is 0 Å². The smallest absolute Gasteiger partial charge is 0.141 e. The molecular formula is C32H55NO4. The molecule has 0 aliphatic carbocycles. The molecule has 0 amide bonds. The van der Waals surface area contributed by atoms with Crippen LogP contribution in [0.15, 0.2) is 12.1 Å². The molecule has 1 aliphatic rings. The van der Waals surface area contributed by atoms with E-state index in [1.54, 1.807) is 21.3 Å². The molecular weight excluding hydrogens is 462 g/mol. The maximum atomic E-state index is 13.6. The standard InChI is InChI=1S/C32H55NO4/c1-5-6-7-8-9-10-11-12-13-14-15-17-20-28(29(34)21-24-33-22-18-16-19-23-33)32-30(36-3)25-27(35-2)26-31(32)37-4/h25-26,28H,5-24H2,1-4H3. The summed E-state index contributed by atoms with van der Waals surface area (Å²) in [7, 11) is 4.97. The van der Waals surface area contributed by atoms with E-state index in [1.807, 2.05) is 12.1 Å². The lowest BCUT2D eigenvalue weighted by Crippen LogP contribution is -2.32. The number of piperidine rings is 1. The SMILES string of the molecule is CCCCCCCCCCCCCCC(C(=O)CCN1CCCCC1)c1c(OC)cc(OC)cc1OC. The van der Waals surface area contributed by atoms with Gasteiger partial charge in [-0.1, -0.05) is 90.4 Å². The normalized spacial score (nSPS) is 14.9. The van der Waals surface area contributed by atoms with E-state index in [0.29, 0.717) is 29.5 Å². The van der Waals surface area contributed by atoms with Crippen molar-refractivity contribution in [2.45, 2.75) is 122 Å². The molecule has 0 aromatic heterocycles. The minimum absolute atomic E-state index is 0.205. The topological polar surface area (TPSA) is 48.0 Å². The van der Waals surface area contributed by atoms with Crippen molar-refractivity contribution >= 4 is 5.78 Å². The Labute approximate surface area is 227 Å². The highest BCUT2D eigenvalue weighted by atomic mass is 16.5. The van der Waals surface area contributed by atoms with Gasteiger partial charge < -0.3 is 19.1 Å². The van der Waals surface area contributed by atoms with Gasteiger partial charge in [0.25, 0.3) is 0 Å². The molecule has 0 saturated carbocycles. The van der Waals surface area contributed by atoms with Crippen molar-refractivity contribution in [2.24, 2.45) is 0 Å². The number of ketones is 1. The number of Topliss-reactive ketones (excluding diaryl/α,β-unsaturated/α-hetero) is 1. The Morgan fingerprint density at radius 3 is 1.76 bits per heavy atom. The van der Waals surface area contributed by atoms with Gasteiger partial charge in [-0.05, 0) is 32.4 Å². The van der Waals surface area contributed by atoms with Crippen LogP contribution in [0.5, 0.6) is 17.2 Å². The van der Waals surface area contributed by atoms with Gasteiger partial charge in [0.1, 0.15) is 23.0 Å². The third-order valence-electron chi connectivity index (χ3n) is 7.96. The first kappa shape index (κ1) is 31.5. The molecule has 0 spiro atoms. The lowest BCUT2D eigenvalue weighted by molar-refractivity contribution is -0.121. The fourth-order valence-corrected chi connectivity index (χ4v) is 5.66. The average molecular weight is 518 g/mol. The molecule has 1 aromatic rings. The number of hydrogen-bond donors (Lipinski definition) is 0. The summed E-state index contributed by atoms with van der Waals surface area (Å²) < 4.78 is 16.9. The third kappa shape index (κ3) is 11.7. The van der Waals surface area contributed by atoms with Crippen LogP contribution < -0.4 is 14.2 Å². The molecule has 0 radical (unpaired) electrons. The van der Waals surface area contributed by atoms with Gasteiger partial charge in [-0.15, -0.1) is 0 Å². The van der Waals surface area contributed by atoms with Gasteiger partial charge in [0.05, 0.1) is 27.2 Å². The molecule has 1 aromatic carbocycles.